The van der Waals surface area contributed by atoms with Crippen LogP contribution in [0.2, 0.25) is 5.28 Å². The van der Waals surface area contributed by atoms with Crippen molar-refractivity contribution >= 4 is 64.6 Å². The zero-order chi connectivity index (χ0) is 54.5. The van der Waals surface area contributed by atoms with E-state index in [-0.39, 0.29) is 66.4 Å². The van der Waals surface area contributed by atoms with Gasteiger partial charge < -0.3 is 50.8 Å². The first-order valence-electron chi connectivity index (χ1n) is 25.3. The van der Waals surface area contributed by atoms with Crippen LogP contribution >= 0.6 is 11.6 Å². The van der Waals surface area contributed by atoms with Gasteiger partial charge in [0.25, 0.3) is 0 Å². The first-order valence-corrected chi connectivity index (χ1v) is 25.7. The molecule has 2 atom stereocenters. The zero-order valence-corrected chi connectivity index (χ0v) is 44.7. The smallest absolute Gasteiger partial charge is 0.410 e. The number of aryl methyl sites for hydroxylation is 2. The maximum absolute atomic E-state index is 14.5. The topological polar surface area (TPSA) is 213 Å². The Morgan fingerprint density at radius 2 is 1.16 bits per heavy atom. The molecule has 2 saturated heterocycles. The SMILES string of the molecule is C.C=CC(=O)N1CCC[C@@H](Nc2nc(Cl)ncc2F)C1.C=CC(=O)N1CCC[C@@H](Nc2nc(Nc3ccc4c(c3)CN(C(=O)OC(C)(C)C)CCC4)ncc2F)C1.CC(C)(C)OC(=O)N1CCCc2cc(N)ccc2C1. The molecule has 4 amide bonds. The maximum Gasteiger partial charge on any atom is 0.410 e. The minimum Gasteiger partial charge on any atom is -0.444 e. The number of aromatic nitrogens is 4. The number of rotatable bonds is 8. The number of ether oxygens (including phenoxy) is 2. The van der Waals surface area contributed by atoms with Gasteiger partial charge in [-0.25, -0.2) is 28.3 Å². The van der Waals surface area contributed by atoms with Crippen molar-refractivity contribution in [2.75, 3.05) is 61.0 Å². The lowest BCUT2D eigenvalue weighted by molar-refractivity contribution is -0.127. The average molecular weight is 1070 g/mol. The lowest BCUT2D eigenvalue weighted by Gasteiger charge is -2.32. The van der Waals surface area contributed by atoms with Gasteiger partial charge in [-0.15, -0.1) is 0 Å². The first kappa shape index (κ1) is 59.8. The van der Waals surface area contributed by atoms with Crippen molar-refractivity contribution in [2.24, 2.45) is 0 Å². The second kappa shape index (κ2) is 27.1. The van der Waals surface area contributed by atoms with Crippen LogP contribution in [-0.2, 0) is 45.0 Å². The van der Waals surface area contributed by atoms with Gasteiger partial charge >= 0.3 is 12.2 Å². The Kier molecular flexibility index (Phi) is 21.3. The summed E-state index contributed by atoms with van der Waals surface area (Å²) >= 11 is 5.63. The molecule has 0 saturated carbocycles. The molecule has 412 valence electrons. The summed E-state index contributed by atoms with van der Waals surface area (Å²) in [6, 6.07) is 11.7. The Bertz CT molecular complexity index is 2680. The van der Waals surface area contributed by atoms with Crippen LogP contribution in [0.4, 0.5) is 47.3 Å². The number of halogens is 3. The molecule has 0 aliphatic carbocycles. The first-order chi connectivity index (χ1) is 35.6. The third-order valence-electron chi connectivity index (χ3n) is 12.4. The minimum atomic E-state index is -0.562. The van der Waals surface area contributed by atoms with Crippen LogP contribution < -0.4 is 21.7 Å². The number of piperidine rings is 2. The van der Waals surface area contributed by atoms with Crippen LogP contribution in [-0.4, -0.2) is 126 Å². The van der Waals surface area contributed by atoms with E-state index >= 15 is 0 Å². The van der Waals surface area contributed by atoms with Crippen molar-refractivity contribution < 1.29 is 37.4 Å². The fourth-order valence-corrected chi connectivity index (χ4v) is 9.06. The highest BCUT2D eigenvalue weighted by atomic mass is 35.5. The molecule has 0 spiro atoms. The number of nitrogens with two attached hydrogens (primary N) is 1. The van der Waals surface area contributed by atoms with Gasteiger partial charge in [0.1, 0.15) is 11.2 Å². The number of hydrogen-bond donors (Lipinski definition) is 4. The van der Waals surface area contributed by atoms with Gasteiger partial charge in [-0.2, -0.15) is 9.97 Å². The Hall–Kier alpha value is -7.09. The number of anilines is 5. The summed E-state index contributed by atoms with van der Waals surface area (Å²) < 4.78 is 39.0. The summed E-state index contributed by atoms with van der Waals surface area (Å²) in [5.41, 5.74) is 10.9. The van der Waals surface area contributed by atoms with Crippen LogP contribution in [0.25, 0.3) is 0 Å². The van der Waals surface area contributed by atoms with E-state index in [0.717, 1.165) is 92.8 Å². The molecule has 76 heavy (non-hydrogen) atoms. The Balaban J connectivity index is 0.000000230. The lowest BCUT2D eigenvalue weighted by atomic mass is 10.0. The van der Waals surface area contributed by atoms with Crippen molar-refractivity contribution in [1.29, 1.82) is 0 Å². The van der Waals surface area contributed by atoms with Crippen LogP contribution in [0.3, 0.4) is 0 Å². The second-order valence-corrected chi connectivity index (χ2v) is 21.2. The molecule has 4 aromatic rings. The molecule has 0 unspecified atom stereocenters. The third kappa shape index (κ3) is 18.0. The number of likely N-dealkylation sites (tertiary alicyclic amines) is 2. The molecule has 5 N–H and O–H groups in total. The number of nitrogens with zero attached hydrogens (tertiary/aromatic N) is 8. The van der Waals surface area contributed by atoms with Crippen LogP contribution in [0, 0.1) is 11.6 Å². The van der Waals surface area contributed by atoms with Crippen molar-refractivity contribution in [3.63, 3.8) is 0 Å². The molecule has 4 aliphatic rings. The summed E-state index contributed by atoms with van der Waals surface area (Å²) in [6.07, 6.45) is 11.1. The van der Waals surface area contributed by atoms with Gasteiger partial charge in [0, 0.05) is 75.8 Å². The predicted octanol–water partition coefficient (Wildman–Crippen LogP) is 10.1. The van der Waals surface area contributed by atoms with Crippen molar-refractivity contribution in [3.05, 3.63) is 113 Å². The monoisotopic (exact) mass is 1070 g/mol. The predicted molar refractivity (Wildman–Crippen MR) is 293 cm³/mol. The summed E-state index contributed by atoms with van der Waals surface area (Å²) in [7, 11) is 0. The van der Waals surface area contributed by atoms with E-state index in [1.165, 1.54) is 23.3 Å². The highest BCUT2D eigenvalue weighted by Gasteiger charge is 2.28. The van der Waals surface area contributed by atoms with Crippen molar-refractivity contribution in [3.8, 4) is 0 Å². The summed E-state index contributed by atoms with van der Waals surface area (Å²) in [6.45, 7) is 22.9. The minimum absolute atomic E-state index is 0. The molecule has 0 radical (unpaired) electrons. The molecular formula is C55H75ClF2N12O6. The largest absolute Gasteiger partial charge is 0.444 e. The number of fused-ring (bicyclic) bond motifs is 2. The number of benzene rings is 2. The van der Waals surface area contributed by atoms with Gasteiger partial charge in [-0.05, 0) is 163 Å². The molecule has 4 aliphatic heterocycles. The van der Waals surface area contributed by atoms with E-state index in [9.17, 15) is 28.0 Å². The van der Waals surface area contributed by atoms with E-state index < -0.39 is 22.8 Å². The Morgan fingerprint density at radius 3 is 1.70 bits per heavy atom. The number of nitrogens with one attached hydrogen (secondary N) is 3. The molecule has 2 aromatic carbocycles. The van der Waals surface area contributed by atoms with Gasteiger partial charge in [0.15, 0.2) is 23.3 Å². The lowest BCUT2D eigenvalue weighted by Crippen LogP contribution is -2.44. The van der Waals surface area contributed by atoms with Gasteiger partial charge in [-0.1, -0.05) is 32.7 Å². The quantitative estimate of drug-likeness (QED) is 0.0735. The van der Waals surface area contributed by atoms with Gasteiger partial charge in [0.05, 0.1) is 12.4 Å². The standard InChI is InChI=1S/C27H35FN6O3.C15H22N2O2.C12H14ClFN4O.CH4/c1-5-23(35)33-12-7-9-21(17-33)30-24-22(28)15-29-25(32-24)31-20-11-10-18-8-6-13-34(16-19(18)14-20)26(36)37-27(2,3)4;1-15(2,3)19-14(18)17-8-4-5-11-9-13(16)7-6-12(11)10-17;1-2-10(19)18-5-3-4-8(7-18)16-11-9(14)6-15-12(13)17-11;/h5,10-11,14-15,21H,1,6-9,12-13,16-17H2,2-4H3,(H2,29,30,31,32);6-7,9H,4-5,8,10,16H2,1-3H3;2,6,8H,1,3-5,7H2,(H,15,16,17);1H4/t21-;;8-;/m1.1./s1. The summed E-state index contributed by atoms with van der Waals surface area (Å²) in [4.78, 5) is 71.0. The molecular weight excluding hydrogens is 998 g/mol. The molecule has 21 heteroatoms. The molecule has 2 aromatic heterocycles. The Labute approximate surface area is 450 Å². The zero-order valence-electron chi connectivity index (χ0n) is 43.9. The van der Waals surface area contributed by atoms with Crippen molar-refractivity contribution in [2.45, 2.75) is 137 Å². The fraction of sp³-hybridized carbons (Fsp3) is 0.491. The van der Waals surface area contributed by atoms with E-state index in [1.54, 1.807) is 19.6 Å². The maximum atomic E-state index is 14.5. The number of nitrogen functional groups attached to an aromatic ring is 1. The normalized spacial score (nSPS) is 17.4. The van der Waals surface area contributed by atoms with E-state index in [0.29, 0.717) is 45.8 Å². The van der Waals surface area contributed by atoms with E-state index in [4.69, 9.17) is 26.8 Å². The van der Waals surface area contributed by atoms with Crippen molar-refractivity contribution in [1.82, 2.24) is 39.5 Å². The molecule has 0 bridgehead atoms. The Morgan fingerprint density at radius 1 is 0.671 bits per heavy atom. The van der Waals surface area contributed by atoms with Gasteiger partial charge in [-0.3, -0.25) is 9.59 Å². The number of carbonyl (C=O) groups excluding carboxylic acids is 4. The fourth-order valence-electron chi connectivity index (χ4n) is 8.92. The van der Waals surface area contributed by atoms with Gasteiger partial charge in [0.2, 0.25) is 23.0 Å². The number of amides is 4. The number of hydrogen-bond acceptors (Lipinski definition) is 14. The average Bonchev–Trinajstić information content (AvgIpc) is 3.72. The highest BCUT2D eigenvalue weighted by molar-refractivity contribution is 6.28. The molecule has 18 nitrogen and oxygen atoms in total. The van der Waals surface area contributed by atoms with Crippen LogP contribution in [0.15, 0.2) is 74.1 Å². The third-order valence-corrected chi connectivity index (χ3v) is 12.6. The van der Waals surface area contributed by atoms with Crippen LogP contribution in [0.5, 0.6) is 0 Å². The van der Waals surface area contributed by atoms with E-state index in [2.05, 4.69) is 49.0 Å². The molecule has 6 heterocycles. The highest BCUT2D eigenvalue weighted by Crippen LogP contribution is 2.28. The summed E-state index contributed by atoms with van der Waals surface area (Å²) in [5, 5.41) is 9.23. The molecule has 8 rings (SSSR count). The summed E-state index contributed by atoms with van der Waals surface area (Å²) in [5.74, 6) is -0.974. The second-order valence-electron chi connectivity index (χ2n) is 20.8. The number of carbonyl (C=O) groups is 4. The van der Waals surface area contributed by atoms with E-state index in [1.807, 2.05) is 77.9 Å². The molecule has 2 fully saturated rings. The van der Waals surface area contributed by atoms with Crippen LogP contribution in [0.1, 0.15) is 110 Å².